The van der Waals surface area contributed by atoms with Crippen molar-refractivity contribution in [2.24, 2.45) is 10.9 Å². The standard InChI is InChI=1S/C13H18ClN3O3/c1-8-5-17(6-10(7-18)20-8)12-3-2-9(4-11(12)14)13(15)16-19/h2-4,8,10,18-19H,5-7H2,1H3,(H2,15,16). The van der Waals surface area contributed by atoms with E-state index in [0.29, 0.717) is 23.7 Å². The maximum absolute atomic E-state index is 9.25. The van der Waals surface area contributed by atoms with E-state index in [4.69, 9.17) is 27.3 Å². The minimum absolute atomic E-state index is 0.0146. The number of benzene rings is 1. The van der Waals surface area contributed by atoms with Crippen LogP contribution in [0.2, 0.25) is 5.02 Å². The molecule has 20 heavy (non-hydrogen) atoms. The van der Waals surface area contributed by atoms with Crippen molar-refractivity contribution < 1.29 is 15.1 Å². The summed E-state index contributed by atoms with van der Waals surface area (Å²) in [6.07, 6.45) is -0.209. The first-order valence-electron chi connectivity index (χ1n) is 6.34. The summed E-state index contributed by atoms with van der Waals surface area (Å²) in [5.41, 5.74) is 6.93. The van der Waals surface area contributed by atoms with Crippen LogP contribution in [0.3, 0.4) is 0 Å². The van der Waals surface area contributed by atoms with Crippen molar-refractivity contribution in [3.8, 4) is 0 Å². The number of morpholine rings is 1. The highest BCUT2D eigenvalue weighted by Gasteiger charge is 2.26. The van der Waals surface area contributed by atoms with E-state index in [1.807, 2.05) is 13.0 Å². The van der Waals surface area contributed by atoms with Crippen LogP contribution in [0.25, 0.3) is 0 Å². The molecule has 1 aromatic rings. The average molecular weight is 300 g/mol. The van der Waals surface area contributed by atoms with Gasteiger partial charge in [0, 0.05) is 18.7 Å². The zero-order chi connectivity index (χ0) is 14.7. The molecule has 2 unspecified atom stereocenters. The molecule has 1 aromatic carbocycles. The normalized spacial score (nSPS) is 23.9. The molecule has 1 fully saturated rings. The zero-order valence-corrected chi connectivity index (χ0v) is 11.9. The third-order valence-corrected chi connectivity index (χ3v) is 3.52. The fraction of sp³-hybridized carbons (Fsp3) is 0.462. The summed E-state index contributed by atoms with van der Waals surface area (Å²) in [5.74, 6) is 0.0158. The molecule has 0 spiro atoms. The number of halogens is 1. The van der Waals surface area contributed by atoms with Crippen LogP contribution in [-0.2, 0) is 4.74 Å². The lowest BCUT2D eigenvalue weighted by Gasteiger charge is -2.38. The molecule has 0 aliphatic carbocycles. The van der Waals surface area contributed by atoms with E-state index < -0.39 is 0 Å². The molecule has 6 nitrogen and oxygen atoms in total. The summed E-state index contributed by atoms with van der Waals surface area (Å²) < 4.78 is 5.60. The number of nitrogens with zero attached hydrogens (tertiary/aromatic N) is 2. The molecule has 7 heteroatoms. The van der Waals surface area contributed by atoms with Crippen molar-refractivity contribution >= 4 is 23.1 Å². The summed E-state index contributed by atoms with van der Waals surface area (Å²) in [4.78, 5) is 2.06. The maximum atomic E-state index is 9.25. The molecule has 2 atom stereocenters. The highest BCUT2D eigenvalue weighted by atomic mass is 35.5. The van der Waals surface area contributed by atoms with Gasteiger partial charge in [0.2, 0.25) is 0 Å². The molecule has 0 amide bonds. The van der Waals surface area contributed by atoms with Gasteiger partial charge in [0.25, 0.3) is 0 Å². The Hall–Kier alpha value is -1.50. The molecule has 4 N–H and O–H groups in total. The van der Waals surface area contributed by atoms with Crippen molar-refractivity contribution in [1.29, 1.82) is 0 Å². The van der Waals surface area contributed by atoms with Gasteiger partial charge in [-0.3, -0.25) is 0 Å². The van der Waals surface area contributed by atoms with E-state index >= 15 is 0 Å². The van der Waals surface area contributed by atoms with Crippen molar-refractivity contribution in [1.82, 2.24) is 0 Å². The number of amidine groups is 1. The minimum Gasteiger partial charge on any atom is -0.409 e. The topological polar surface area (TPSA) is 91.3 Å². The molecule has 0 radical (unpaired) electrons. The lowest BCUT2D eigenvalue weighted by molar-refractivity contribution is -0.0421. The SMILES string of the molecule is CC1CN(c2ccc(/C(N)=N/O)cc2Cl)CC(CO)O1. The van der Waals surface area contributed by atoms with Crippen LogP contribution in [0, 0.1) is 0 Å². The van der Waals surface area contributed by atoms with Crippen molar-refractivity contribution in [2.45, 2.75) is 19.1 Å². The van der Waals surface area contributed by atoms with Crippen LogP contribution in [0.1, 0.15) is 12.5 Å². The second kappa shape index (κ2) is 6.30. The van der Waals surface area contributed by atoms with E-state index in [0.717, 1.165) is 5.69 Å². The fourth-order valence-corrected chi connectivity index (χ4v) is 2.62. The van der Waals surface area contributed by atoms with Crippen molar-refractivity contribution in [3.05, 3.63) is 28.8 Å². The van der Waals surface area contributed by atoms with Gasteiger partial charge in [-0.15, -0.1) is 0 Å². The Morgan fingerprint density at radius 2 is 2.30 bits per heavy atom. The molecule has 0 bridgehead atoms. The summed E-state index contributed by atoms with van der Waals surface area (Å²) >= 11 is 6.27. The molecule has 1 aliphatic heterocycles. The number of oxime groups is 1. The van der Waals surface area contributed by atoms with Gasteiger partial charge < -0.3 is 25.7 Å². The molecule has 110 valence electrons. The van der Waals surface area contributed by atoms with Gasteiger partial charge in [-0.05, 0) is 25.1 Å². The van der Waals surface area contributed by atoms with Gasteiger partial charge in [0.1, 0.15) is 0 Å². The fourth-order valence-electron chi connectivity index (χ4n) is 2.32. The smallest absolute Gasteiger partial charge is 0.170 e. The number of anilines is 1. The Morgan fingerprint density at radius 1 is 1.55 bits per heavy atom. The second-order valence-electron chi connectivity index (χ2n) is 4.81. The van der Waals surface area contributed by atoms with Gasteiger partial charge in [-0.25, -0.2) is 0 Å². The molecule has 1 saturated heterocycles. The van der Waals surface area contributed by atoms with Crippen LogP contribution in [0.5, 0.6) is 0 Å². The van der Waals surface area contributed by atoms with Crippen molar-refractivity contribution in [2.75, 3.05) is 24.6 Å². The van der Waals surface area contributed by atoms with Crippen LogP contribution < -0.4 is 10.6 Å². The largest absolute Gasteiger partial charge is 0.409 e. The molecule has 0 aromatic heterocycles. The van der Waals surface area contributed by atoms with Crippen molar-refractivity contribution in [3.63, 3.8) is 0 Å². The highest BCUT2D eigenvalue weighted by molar-refractivity contribution is 6.33. The molecule has 1 heterocycles. The van der Waals surface area contributed by atoms with Crippen LogP contribution in [0.15, 0.2) is 23.4 Å². The minimum atomic E-state index is -0.224. The Bertz CT molecular complexity index is 510. The van der Waals surface area contributed by atoms with E-state index in [1.54, 1.807) is 12.1 Å². The monoisotopic (exact) mass is 299 g/mol. The Balaban J connectivity index is 2.24. The zero-order valence-electron chi connectivity index (χ0n) is 11.2. The van der Waals surface area contributed by atoms with Gasteiger partial charge in [0.15, 0.2) is 5.84 Å². The van der Waals surface area contributed by atoms with E-state index in [2.05, 4.69) is 10.1 Å². The summed E-state index contributed by atoms with van der Waals surface area (Å²) in [7, 11) is 0. The van der Waals surface area contributed by atoms with Gasteiger partial charge in [-0.1, -0.05) is 16.8 Å². The molecule has 2 rings (SSSR count). The van der Waals surface area contributed by atoms with Crippen LogP contribution in [-0.4, -0.2) is 48.1 Å². The summed E-state index contributed by atoms with van der Waals surface area (Å²) in [6, 6.07) is 5.21. The lowest BCUT2D eigenvalue weighted by atomic mass is 10.1. The lowest BCUT2D eigenvalue weighted by Crippen LogP contribution is -2.48. The van der Waals surface area contributed by atoms with Crippen LogP contribution in [0.4, 0.5) is 5.69 Å². The second-order valence-corrected chi connectivity index (χ2v) is 5.21. The number of rotatable bonds is 3. The van der Waals surface area contributed by atoms with Gasteiger partial charge >= 0.3 is 0 Å². The first-order valence-corrected chi connectivity index (χ1v) is 6.71. The summed E-state index contributed by atoms with van der Waals surface area (Å²) in [5, 5.41) is 21.4. The molecular weight excluding hydrogens is 282 g/mol. The van der Waals surface area contributed by atoms with E-state index in [9.17, 15) is 5.11 Å². The van der Waals surface area contributed by atoms with Crippen LogP contribution >= 0.6 is 11.6 Å². The molecule has 0 saturated carbocycles. The predicted octanol–water partition coefficient (Wildman–Crippen LogP) is 1.02. The maximum Gasteiger partial charge on any atom is 0.170 e. The third-order valence-electron chi connectivity index (χ3n) is 3.22. The highest BCUT2D eigenvalue weighted by Crippen LogP contribution is 2.29. The number of hydrogen-bond donors (Lipinski definition) is 3. The number of aliphatic hydroxyl groups excluding tert-OH is 1. The number of aliphatic hydroxyl groups is 1. The number of ether oxygens (including phenoxy) is 1. The Kier molecular flexibility index (Phi) is 4.69. The Labute approximate surface area is 122 Å². The molecule has 1 aliphatic rings. The number of nitrogens with two attached hydrogens (primary N) is 1. The quantitative estimate of drug-likeness (QED) is 0.335. The first-order chi connectivity index (χ1) is 9.55. The van der Waals surface area contributed by atoms with Gasteiger partial charge in [0.05, 0.1) is 29.5 Å². The van der Waals surface area contributed by atoms with Gasteiger partial charge in [-0.2, -0.15) is 0 Å². The predicted molar refractivity (Wildman–Crippen MR) is 77.6 cm³/mol. The third kappa shape index (κ3) is 3.15. The van der Waals surface area contributed by atoms with E-state index in [1.165, 1.54) is 0 Å². The average Bonchev–Trinajstić information content (AvgIpc) is 2.45. The Morgan fingerprint density at radius 3 is 2.90 bits per heavy atom. The van der Waals surface area contributed by atoms with E-state index in [-0.39, 0.29) is 24.7 Å². The first kappa shape index (κ1) is 14.9. The summed E-state index contributed by atoms with van der Waals surface area (Å²) in [6.45, 7) is 3.19. The molecular formula is C13H18ClN3O3. The number of hydrogen-bond acceptors (Lipinski definition) is 5.